The Balaban J connectivity index is 1.72. The summed E-state index contributed by atoms with van der Waals surface area (Å²) < 4.78 is 56.7. The van der Waals surface area contributed by atoms with Crippen LogP contribution in [0.1, 0.15) is 58.0 Å². The number of carbonyl (C=O) groups is 2. The molecule has 0 fully saturated rings. The van der Waals surface area contributed by atoms with E-state index in [1.165, 1.54) is 7.11 Å². The van der Waals surface area contributed by atoms with E-state index in [0.717, 1.165) is 24.0 Å². The molecule has 0 aliphatic heterocycles. The summed E-state index contributed by atoms with van der Waals surface area (Å²) in [7, 11) is 2.94. The van der Waals surface area contributed by atoms with Crippen LogP contribution in [0, 0.1) is 13.8 Å². The van der Waals surface area contributed by atoms with Crippen LogP contribution in [0.25, 0.3) is 21.8 Å². The molecule has 0 aliphatic rings. The monoisotopic (exact) mass is 682 g/mol. The highest BCUT2D eigenvalue weighted by atomic mass is 32.2. The zero-order chi connectivity index (χ0) is 35.2. The first kappa shape index (κ1) is 36.6. The molecule has 1 aromatic heterocycles. The minimum absolute atomic E-state index is 0.260. The van der Waals surface area contributed by atoms with Crippen molar-refractivity contribution in [2.24, 2.45) is 0 Å². The van der Waals surface area contributed by atoms with Crippen LogP contribution in [0.2, 0.25) is 0 Å². The van der Waals surface area contributed by atoms with Gasteiger partial charge < -0.3 is 23.4 Å². The molecule has 4 rings (SSSR count). The Labute approximate surface area is 282 Å². The maximum absolute atomic E-state index is 14.3. The Hall–Kier alpha value is -4.26. The molecule has 0 amide bonds. The Bertz CT molecular complexity index is 1910. The van der Waals surface area contributed by atoms with E-state index in [-0.39, 0.29) is 5.75 Å². The molecule has 0 radical (unpaired) electrons. The van der Waals surface area contributed by atoms with Gasteiger partial charge in [-0.2, -0.15) is 13.0 Å². The van der Waals surface area contributed by atoms with Crippen LogP contribution in [0.4, 0.5) is 0 Å². The normalized spacial score (nSPS) is 11.9. The summed E-state index contributed by atoms with van der Waals surface area (Å²) in [6, 6.07) is 14.7. The SMILES string of the molecule is CCC[n+]1c2ccc(OC)cc2c(C(=O)Oc2c(C)cc(C(=O)OC)cc2C)c2cc(OCCC[N+](C)(C)CCCS(=O)(=O)O)ccc21. The lowest BCUT2D eigenvalue weighted by Crippen LogP contribution is -2.42. The summed E-state index contributed by atoms with van der Waals surface area (Å²) in [6.45, 7) is 8.12. The van der Waals surface area contributed by atoms with Gasteiger partial charge in [0, 0.05) is 31.4 Å². The zero-order valence-electron chi connectivity index (χ0n) is 28.8. The predicted molar refractivity (Wildman–Crippen MR) is 184 cm³/mol. The topological polar surface area (TPSA) is 129 Å². The van der Waals surface area contributed by atoms with Gasteiger partial charge in [-0.25, -0.2) is 9.59 Å². The zero-order valence-corrected chi connectivity index (χ0v) is 29.6. The summed E-state index contributed by atoms with van der Waals surface area (Å²) in [6.07, 6.45) is 1.93. The maximum Gasteiger partial charge on any atom is 0.345 e. The van der Waals surface area contributed by atoms with Gasteiger partial charge in [-0.3, -0.25) is 4.55 Å². The fourth-order valence-electron chi connectivity index (χ4n) is 6.04. The first-order valence-corrected chi connectivity index (χ1v) is 17.6. The summed E-state index contributed by atoms with van der Waals surface area (Å²) >= 11 is 0. The minimum atomic E-state index is -3.98. The van der Waals surface area contributed by atoms with Gasteiger partial charge in [0.05, 0.1) is 75.7 Å². The van der Waals surface area contributed by atoms with Crippen LogP contribution in [0.5, 0.6) is 17.2 Å². The number of pyridine rings is 1. The second-order valence-electron chi connectivity index (χ2n) is 12.6. The molecule has 0 saturated carbocycles. The summed E-state index contributed by atoms with van der Waals surface area (Å²) in [5, 5.41) is 1.33. The Morgan fingerprint density at radius 1 is 0.854 bits per heavy atom. The molecule has 0 atom stereocenters. The molecule has 1 heterocycles. The highest BCUT2D eigenvalue weighted by molar-refractivity contribution is 7.85. The minimum Gasteiger partial charge on any atom is -0.497 e. The fourth-order valence-corrected chi connectivity index (χ4v) is 6.53. The van der Waals surface area contributed by atoms with Crippen LogP contribution in [0.3, 0.4) is 0 Å². The number of hydrogen-bond acceptors (Lipinski definition) is 8. The molecule has 0 aliphatic carbocycles. The number of fused-ring (bicyclic) bond motifs is 2. The van der Waals surface area contributed by atoms with E-state index in [1.807, 2.05) is 50.5 Å². The summed E-state index contributed by atoms with van der Waals surface area (Å²) in [5.41, 5.74) is 3.68. The van der Waals surface area contributed by atoms with Crippen molar-refractivity contribution in [3.05, 3.63) is 70.8 Å². The third kappa shape index (κ3) is 8.80. The van der Waals surface area contributed by atoms with Crippen molar-refractivity contribution < 1.29 is 50.6 Å². The van der Waals surface area contributed by atoms with E-state index in [2.05, 4.69) is 11.5 Å². The number of methoxy groups -OCH3 is 2. The third-order valence-electron chi connectivity index (χ3n) is 8.36. The van der Waals surface area contributed by atoms with Gasteiger partial charge >= 0.3 is 11.9 Å². The molecule has 0 bridgehead atoms. The standard InChI is InChI=1S/C36H45N2O9S/c1-8-15-37-31-13-11-27(44-6)22-29(31)33(36(40)47-34-24(2)20-26(21-25(34)3)35(39)45-7)30-23-28(12-14-32(30)37)46-18-9-16-38(4,5)17-10-19-48(41,42)43/h11-14,20-23H,8-10,15-19H2,1-7H3/q+1/p+1. The molecule has 11 nitrogen and oxygen atoms in total. The van der Waals surface area contributed by atoms with Crippen molar-refractivity contribution in [2.45, 2.75) is 46.6 Å². The maximum atomic E-state index is 14.3. The van der Waals surface area contributed by atoms with Gasteiger partial charge in [-0.15, -0.1) is 0 Å². The number of hydrogen-bond donors (Lipinski definition) is 1. The number of ether oxygens (including phenoxy) is 4. The van der Waals surface area contributed by atoms with Gasteiger partial charge in [0.25, 0.3) is 10.1 Å². The molecule has 0 spiro atoms. The molecular weight excluding hydrogens is 636 g/mol. The van der Waals surface area contributed by atoms with E-state index >= 15 is 0 Å². The van der Waals surface area contributed by atoms with Gasteiger partial charge in [-0.05, 0) is 61.4 Å². The quantitative estimate of drug-likeness (QED) is 0.0331. The van der Waals surface area contributed by atoms with Crippen molar-refractivity contribution in [1.29, 1.82) is 0 Å². The highest BCUT2D eigenvalue weighted by Gasteiger charge is 2.28. The van der Waals surface area contributed by atoms with Crippen molar-refractivity contribution in [3.8, 4) is 17.2 Å². The van der Waals surface area contributed by atoms with E-state index in [1.54, 1.807) is 33.1 Å². The number of aryl methyl sites for hydroxylation is 3. The van der Waals surface area contributed by atoms with Crippen LogP contribution >= 0.6 is 0 Å². The number of nitrogens with zero attached hydrogens (tertiary/aromatic N) is 2. The first-order valence-electron chi connectivity index (χ1n) is 16.0. The Morgan fingerprint density at radius 3 is 2.00 bits per heavy atom. The van der Waals surface area contributed by atoms with Crippen molar-refractivity contribution in [1.82, 2.24) is 0 Å². The number of carbonyl (C=O) groups excluding carboxylic acids is 2. The lowest BCUT2D eigenvalue weighted by molar-refractivity contribution is -0.890. The van der Waals surface area contributed by atoms with Crippen molar-refractivity contribution in [2.75, 3.05) is 53.8 Å². The van der Waals surface area contributed by atoms with Gasteiger partial charge in [0.1, 0.15) is 23.8 Å². The van der Waals surface area contributed by atoms with Crippen molar-refractivity contribution >= 4 is 43.9 Å². The smallest absolute Gasteiger partial charge is 0.345 e. The van der Waals surface area contributed by atoms with E-state index in [4.69, 9.17) is 23.5 Å². The van der Waals surface area contributed by atoms with Crippen LogP contribution in [-0.4, -0.2) is 83.2 Å². The summed E-state index contributed by atoms with van der Waals surface area (Å²) in [4.78, 5) is 26.4. The van der Waals surface area contributed by atoms with Crippen LogP contribution < -0.4 is 18.8 Å². The number of benzene rings is 3. The predicted octanol–water partition coefficient (Wildman–Crippen LogP) is 5.44. The molecule has 12 heteroatoms. The van der Waals surface area contributed by atoms with Gasteiger partial charge in [0.2, 0.25) is 11.0 Å². The average Bonchev–Trinajstić information content (AvgIpc) is 3.03. The van der Waals surface area contributed by atoms with Gasteiger partial charge in [-0.1, -0.05) is 6.92 Å². The average molecular weight is 683 g/mol. The van der Waals surface area contributed by atoms with Gasteiger partial charge in [0.15, 0.2) is 0 Å². The number of esters is 2. The van der Waals surface area contributed by atoms with Crippen LogP contribution in [-0.2, 0) is 21.4 Å². The fraction of sp³-hybridized carbons (Fsp3) is 0.417. The lowest BCUT2D eigenvalue weighted by atomic mass is 10.0. The second kappa shape index (κ2) is 15.3. The molecule has 258 valence electrons. The molecule has 48 heavy (non-hydrogen) atoms. The third-order valence-corrected chi connectivity index (χ3v) is 9.17. The number of rotatable bonds is 15. The van der Waals surface area contributed by atoms with Crippen LogP contribution in [0.15, 0.2) is 48.5 Å². The lowest BCUT2D eigenvalue weighted by Gasteiger charge is -2.29. The Kier molecular flexibility index (Phi) is 11.7. The molecular formula is C36H46N2O9S+2. The number of aromatic nitrogens is 1. The largest absolute Gasteiger partial charge is 0.497 e. The molecule has 4 aromatic rings. The summed E-state index contributed by atoms with van der Waals surface area (Å²) in [5.74, 6) is 0.265. The molecule has 0 saturated heterocycles. The second-order valence-corrected chi connectivity index (χ2v) is 14.2. The van der Waals surface area contributed by atoms with E-state index in [0.29, 0.717) is 87.3 Å². The first-order chi connectivity index (χ1) is 22.7. The Morgan fingerprint density at radius 2 is 1.44 bits per heavy atom. The van der Waals surface area contributed by atoms with E-state index in [9.17, 15) is 18.0 Å². The van der Waals surface area contributed by atoms with E-state index < -0.39 is 22.1 Å². The number of quaternary nitrogens is 1. The molecule has 0 unspecified atom stereocenters. The molecule has 3 aromatic carbocycles. The van der Waals surface area contributed by atoms with Crippen molar-refractivity contribution in [3.63, 3.8) is 0 Å². The highest BCUT2D eigenvalue weighted by Crippen LogP contribution is 2.33. The molecule has 1 N–H and O–H groups in total.